The zero-order chi connectivity index (χ0) is 41.8. The Morgan fingerprint density at radius 2 is 1.55 bits per heavy atom. The van der Waals surface area contributed by atoms with Crippen molar-refractivity contribution >= 4 is 17.8 Å². The molecular weight excluding hydrogens is 758 g/mol. The molecule has 3 aliphatic heterocycles. The molecule has 0 aromatic heterocycles. The van der Waals surface area contributed by atoms with Gasteiger partial charge in [0.15, 0.2) is 12.6 Å². The fraction of sp³-hybridized carbons (Fsp3) is 0.909. The Bertz CT molecular complexity index is 1320. The standard InChI is InChI=1S/C33H57N3O20/c1-11-14(29(48)35-7-6-34)4-5-17(26(11)54-30-24(46)23(45)20(42)12(2)51-30)52-31-25(47)28(22(44)18(10-38)53-31)56-33(32(49)50)8-15(40)19(36-13(3)39)27(55-33)21(43)16(41)9-37/h11-12,14-28,30-31,37-38,40-47H,4-10,34H2,1-3H3,(H,35,48)(H,36,39)(H,49,50)/t11-,12-,14-,15-,16+,17+,18+,19-,20+,21+,22-,23+,24-,25+,26-,27?,28-,30?,31+,33-/m0/s1. The van der Waals surface area contributed by atoms with Gasteiger partial charge in [0.05, 0.1) is 43.7 Å². The van der Waals surface area contributed by atoms with Crippen molar-refractivity contribution in [3.8, 4) is 0 Å². The number of rotatable bonds is 15. The molecule has 0 aromatic carbocycles. The van der Waals surface area contributed by atoms with Gasteiger partial charge in [-0.25, -0.2) is 4.79 Å². The first kappa shape index (κ1) is 46.4. The van der Waals surface area contributed by atoms with Gasteiger partial charge in [-0.3, -0.25) is 9.59 Å². The minimum Gasteiger partial charge on any atom is -0.477 e. The van der Waals surface area contributed by atoms with Crippen molar-refractivity contribution in [1.82, 2.24) is 10.6 Å². The predicted molar refractivity (Wildman–Crippen MR) is 181 cm³/mol. The van der Waals surface area contributed by atoms with Crippen LogP contribution in [0.15, 0.2) is 0 Å². The number of hydrogen-bond donors (Lipinski definition) is 14. The van der Waals surface area contributed by atoms with Crippen molar-refractivity contribution in [2.45, 2.75) is 150 Å². The van der Waals surface area contributed by atoms with Crippen molar-refractivity contribution in [2.24, 2.45) is 17.6 Å². The number of nitrogens with one attached hydrogen (secondary N) is 2. The molecule has 0 spiro atoms. The summed E-state index contributed by atoms with van der Waals surface area (Å²) in [6.07, 6.45) is -28.1. The Hall–Kier alpha value is -2.27. The molecule has 1 saturated carbocycles. The first-order valence-corrected chi connectivity index (χ1v) is 18.4. The lowest BCUT2D eigenvalue weighted by Gasteiger charge is -2.50. The van der Waals surface area contributed by atoms with Crippen LogP contribution in [0.1, 0.15) is 40.0 Å². The number of carbonyl (C=O) groups is 3. The molecule has 4 rings (SSSR count). The van der Waals surface area contributed by atoms with E-state index in [1.807, 2.05) is 0 Å². The summed E-state index contributed by atoms with van der Waals surface area (Å²) in [5.74, 6) is -7.52. The second-order valence-corrected chi connectivity index (χ2v) is 14.7. The van der Waals surface area contributed by atoms with E-state index in [9.17, 15) is 70.6 Å². The highest BCUT2D eigenvalue weighted by Gasteiger charge is 2.60. The average molecular weight is 816 g/mol. The Morgan fingerprint density at radius 1 is 0.893 bits per heavy atom. The molecule has 0 radical (unpaired) electrons. The molecule has 0 bridgehead atoms. The molecule has 23 nitrogen and oxygen atoms in total. The number of amides is 2. The van der Waals surface area contributed by atoms with Gasteiger partial charge in [-0.15, -0.1) is 0 Å². The molecular formula is C33H57N3O20. The van der Waals surface area contributed by atoms with Crippen LogP contribution >= 0.6 is 0 Å². The molecule has 3 saturated heterocycles. The number of aliphatic hydroxyl groups is 10. The van der Waals surface area contributed by atoms with Crippen molar-refractivity contribution in [1.29, 1.82) is 0 Å². The maximum Gasteiger partial charge on any atom is 0.364 e. The van der Waals surface area contributed by atoms with Crippen LogP contribution in [0.5, 0.6) is 0 Å². The third-order valence-electron chi connectivity index (χ3n) is 10.8. The van der Waals surface area contributed by atoms with Crippen molar-refractivity contribution in [2.75, 3.05) is 26.3 Å². The van der Waals surface area contributed by atoms with Crippen LogP contribution in [0.25, 0.3) is 0 Å². The monoisotopic (exact) mass is 815 g/mol. The van der Waals surface area contributed by atoms with Gasteiger partial charge < -0.3 is 101 Å². The van der Waals surface area contributed by atoms with Gasteiger partial charge in [0.25, 0.3) is 5.79 Å². The summed E-state index contributed by atoms with van der Waals surface area (Å²) in [5, 5.41) is 121. The van der Waals surface area contributed by atoms with Crippen LogP contribution in [0.4, 0.5) is 0 Å². The van der Waals surface area contributed by atoms with Crippen LogP contribution in [-0.4, -0.2) is 210 Å². The van der Waals surface area contributed by atoms with E-state index in [0.717, 1.165) is 6.92 Å². The number of carboxylic acid groups (broad SMARTS) is 1. The third kappa shape index (κ3) is 9.94. The molecule has 20 atom stereocenters. The van der Waals surface area contributed by atoms with Gasteiger partial charge in [-0.05, 0) is 25.7 Å². The van der Waals surface area contributed by atoms with E-state index in [1.54, 1.807) is 6.92 Å². The highest BCUT2D eigenvalue weighted by atomic mass is 16.8. The van der Waals surface area contributed by atoms with Crippen LogP contribution < -0.4 is 16.4 Å². The largest absolute Gasteiger partial charge is 0.477 e. The minimum atomic E-state index is -3.02. The maximum absolute atomic E-state index is 13.1. The Balaban J connectivity index is 1.65. The predicted octanol–water partition coefficient (Wildman–Crippen LogP) is -7.32. The maximum atomic E-state index is 13.1. The number of nitrogens with two attached hydrogens (primary N) is 1. The van der Waals surface area contributed by atoms with Crippen molar-refractivity contribution < 1.29 is 99.0 Å². The lowest BCUT2D eigenvalue weighted by molar-refractivity contribution is -0.379. The molecule has 1 aliphatic carbocycles. The Kier molecular flexibility index (Phi) is 16.3. The van der Waals surface area contributed by atoms with Gasteiger partial charge in [-0.2, -0.15) is 0 Å². The van der Waals surface area contributed by atoms with E-state index >= 15 is 0 Å². The highest BCUT2D eigenvalue weighted by molar-refractivity contribution is 5.79. The quantitative estimate of drug-likeness (QED) is 0.0730. The number of carboxylic acids is 1. The molecule has 3 heterocycles. The van der Waals surface area contributed by atoms with Crippen LogP contribution in [0.2, 0.25) is 0 Å². The smallest absolute Gasteiger partial charge is 0.364 e. The fourth-order valence-corrected chi connectivity index (χ4v) is 7.62. The van der Waals surface area contributed by atoms with Crippen molar-refractivity contribution in [3.05, 3.63) is 0 Å². The summed E-state index contributed by atoms with van der Waals surface area (Å²) < 4.78 is 35.1. The van der Waals surface area contributed by atoms with Gasteiger partial charge in [0.1, 0.15) is 61.0 Å². The molecule has 56 heavy (non-hydrogen) atoms. The normalized spacial score (nSPS) is 44.4. The topological polar surface area (TPSA) is 379 Å². The molecule has 4 aliphatic rings. The highest BCUT2D eigenvalue weighted by Crippen LogP contribution is 2.40. The summed E-state index contributed by atoms with van der Waals surface area (Å²) in [6, 6.07) is -1.55. The summed E-state index contributed by atoms with van der Waals surface area (Å²) in [6.45, 7) is 2.47. The number of aliphatic carboxylic acids is 1. The first-order valence-electron chi connectivity index (χ1n) is 18.4. The summed E-state index contributed by atoms with van der Waals surface area (Å²) in [4.78, 5) is 37.9. The number of aliphatic hydroxyl groups excluding tert-OH is 10. The number of carbonyl (C=O) groups excluding carboxylic acids is 2. The fourth-order valence-electron chi connectivity index (χ4n) is 7.62. The molecule has 2 amide bonds. The number of ether oxygens (including phenoxy) is 6. The van der Waals surface area contributed by atoms with Gasteiger partial charge >= 0.3 is 5.97 Å². The lowest BCUT2D eigenvalue weighted by atomic mass is 9.76. The van der Waals surface area contributed by atoms with E-state index in [-0.39, 0.29) is 31.8 Å². The summed E-state index contributed by atoms with van der Waals surface area (Å²) in [5.41, 5.74) is 5.55. The SMILES string of the molecule is CC(=O)N[C@@H]1C([C@H](O)[C@H](O)CO)O[C@@](O[C@H]2[C@@H](O)[C@@H](CO)O[C@@H](O[C@@H]3CC[C@H](C(=O)NCCN)[C@H](C)[C@@H]3OC3O[C@@H](C)[C@@H](O)[C@@H](O)[C@@H]3O)[C@@H]2O)(C(=O)O)C[C@@H]1O. The van der Waals surface area contributed by atoms with E-state index in [1.165, 1.54) is 6.92 Å². The lowest BCUT2D eigenvalue weighted by Crippen LogP contribution is -2.70. The molecule has 0 aromatic rings. The van der Waals surface area contributed by atoms with E-state index in [0.29, 0.717) is 0 Å². The van der Waals surface area contributed by atoms with Gasteiger partial charge in [0.2, 0.25) is 11.8 Å². The van der Waals surface area contributed by atoms with Gasteiger partial charge in [0, 0.05) is 32.4 Å². The third-order valence-corrected chi connectivity index (χ3v) is 10.8. The number of hydrogen-bond acceptors (Lipinski definition) is 20. The molecule has 4 fully saturated rings. The van der Waals surface area contributed by atoms with Crippen LogP contribution in [-0.2, 0) is 42.8 Å². The average Bonchev–Trinajstić information content (AvgIpc) is 3.15. The van der Waals surface area contributed by atoms with E-state index in [4.69, 9.17) is 34.2 Å². The zero-order valence-electron chi connectivity index (χ0n) is 31.1. The summed E-state index contributed by atoms with van der Waals surface area (Å²) in [7, 11) is 0. The second kappa shape index (κ2) is 19.7. The molecule has 324 valence electrons. The second-order valence-electron chi connectivity index (χ2n) is 14.7. The van der Waals surface area contributed by atoms with Crippen molar-refractivity contribution in [3.63, 3.8) is 0 Å². The van der Waals surface area contributed by atoms with Crippen LogP contribution in [0, 0.1) is 11.8 Å². The molecule has 2 unspecified atom stereocenters. The van der Waals surface area contributed by atoms with Gasteiger partial charge in [-0.1, -0.05) is 6.92 Å². The van der Waals surface area contributed by atoms with E-state index < -0.39 is 153 Å². The summed E-state index contributed by atoms with van der Waals surface area (Å²) >= 11 is 0. The minimum absolute atomic E-state index is 0.0232. The zero-order valence-corrected chi connectivity index (χ0v) is 31.1. The van der Waals surface area contributed by atoms with E-state index in [2.05, 4.69) is 10.6 Å². The Morgan fingerprint density at radius 3 is 2.14 bits per heavy atom. The van der Waals surface area contributed by atoms with Crippen LogP contribution in [0.3, 0.4) is 0 Å². The Labute approximate surface area is 321 Å². The molecule has 23 heteroatoms. The molecule has 15 N–H and O–H groups in total. The first-order chi connectivity index (χ1) is 26.3.